The Balaban J connectivity index is 3.39. The van der Waals surface area contributed by atoms with Gasteiger partial charge in [-0.05, 0) is 35.0 Å². The van der Waals surface area contributed by atoms with Crippen LogP contribution in [-0.2, 0) is 0 Å². The number of carbonyl (C=O) groups is 1. The summed E-state index contributed by atoms with van der Waals surface area (Å²) in [6.07, 6.45) is 0. The zero-order valence-electron chi connectivity index (χ0n) is 6.97. The second-order valence-electron chi connectivity index (χ2n) is 2.59. The van der Waals surface area contributed by atoms with Gasteiger partial charge in [0, 0.05) is 15.7 Å². The van der Waals surface area contributed by atoms with Gasteiger partial charge in [0.25, 0.3) is 0 Å². The summed E-state index contributed by atoms with van der Waals surface area (Å²) < 4.78 is 0.592. The van der Waals surface area contributed by atoms with Crippen LogP contribution in [0.1, 0.15) is 22.8 Å². The molecule has 4 heteroatoms. The van der Waals surface area contributed by atoms with E-state index in [0.29, 0.717) is 21.3 Å². The average Bonchev–Trinajstić information content (AvgIpc) is 2.07. The number of carbonyl (C=O) groups excluding carboxylic acids is 1. The van der Waals surface area contributed by atoms with Crippen LogP contribution in [-0.4, -0.2) is 5.78 Å². The molecule has 0 aliphatic rings. The number of nitrogens with zero attached hydrogens (tertiary/aromatic N) is 1. The second-order valence-corrected chi connectivity index (χ2v) is 3.44. The van der Waals surface area contributed by atoms with Crippen LogP contribution in [0.15, 0.2) is 16.6 Å². The van der Waals surface area contributed by atoms with Crippen molar-refractivity contribution in [2.24, 2.45) is 0 Å². The molecule has 66 valence electrons. The Kier molecular flexibility index (Phi) is 2.69. The molecule has 0 unspecified atom stereocenters. The molecule has 0 saturated carbocycles. The number of hydrogen-bond acceptors (Lipinski definition) is 3. The summed E-state index contributed by atoms with van der Waals surface area (Å²) >= 11 is 3.18. The molecule has 0 amide bonds. The van der Waals surface area contributed by atoms with Gasteiger partial charge in [-0.25, -0.2) is 0 Å². The smallest absolute Gasteiger partial charge is 0.161 e. The van der Waals surface area contributed by atoms with Gasteiger partial charge in [0.05, 0.1) is 5.56 Å². The van der Waals surface area contributed by atoms with Crippen LogP contribution in [0.25, 0.3) is 0 Å². The molecular weight excluding hydrogens is 232 g/mol. The lowest BCUT2D eigenvalue weighted by Gasteiger charge is -2.03. The van der Waals surface area contributed by atoms with Crippen LogP contribution >= 0.6 is 15.9 Å². The lowest BCUT2D eigenvalue weighted by molar-refractivity contribution is 0.101. The minimum Gasteiger partial charge on any atom is -0.398 e. The van der Waals surface area contributed by atoms with Crippen molar-refractivity contribution in [3.63, 3.8) is 0 Å². The molecule has 3 nitrogen and oxygen atoms in total. The molecular formula is C9H7BrN2O. The normalized spacial score (nSPS) is 9.31. The van der Waals surface area contributed by atoms with Gasteiger partial charge in [0.15, 0.2) is 5.78 Å². The number of nitriles is 1. The lowest BCUT2D eigenvalue weighted by Crippen LogP contribution is -2.00. The maximum absolute atomic E-state index is 11.0. The third-order valence-corrected chi connectivity index (χ3v) is 2.30. The first kappa shape index (κ1) is 9.75. The number of nitrogens with two attached hydrogens (primary N) is 1. The molecule has 0 atom stereocenters. The van der Waals surface area contributed by atoms with Crippen molar-refractivity contribution in [2.45, 2.75) is 6.92 Å². The average molecular weight is 239 g/mol. The van der Waals surface area contributed by atoms with Crippen molar-refractivity contribution in [3.8, 4) is 6.07 Å². The Morgan fingerprint density at radius 2 is 2.23 bits per heavy atom. The highest BCUT2D eigenvalue weighted by Crippen LogP contribution is 2.23. The molecule has 1 aromatic carbocycles. The number of hydrogen-bond donors (Lipinski definition) is 1. The van der Waals surface area contributed by atoms with Crippen molar-refractivity contribution in [1.82, 2.24) is 0 Å². The predicted octanol–water partition coefficient (Wildman–Crippen LogP) is 2.11. The van der Waals surface area contributed by atoms with Gasteiger partial charge in [0.1, 0.15) is 6.07 Å². The van der Waals surface area contributed by atoms with Crippen molar-refractivity contribution in [2.75, 3.05) is 5.73 Å². The predicted molar refractivity (Wildman–Crippen MR) is 53.3 cm³/mol. The topological polar surface area (TPSA) is 66.9 Å². The first-order valence-electron chi connectivity index (χ1n) is 3.56. The fraction of sp³-hybridized carbons (Fsp3) is 0.111. The van der Waals surface area contributed by atoms with Crippen LogP contribution in [0.4, 0.5) is 5.69 Å². The molecule has 1 rings (SSSR count). The van der Waals surface area contributed by atoms with Crippen LogP contribution in [0.2, 0.25) is 0 Å². The van der Waals surface area contributed by atoms with Crippen molar-refractivity contribution < 1.29 is 4.79 Å². The van der Waals surface area contributed by atoms with E-state index in [-0.39, 0.29) is 5.78 Å². The molecule has 0 spiro atoms. The quantitative estimate of drug-likeness (QED) is 0.602. The van der Waals surface area contributed by atoms with E-state index in [4.69, 9.17) is 11.0 Å². The number of anilines is 1. The van der Waals surface area contributed by atoms with E-state index in [2.05, 4.69) is 15.9 Å². The minimum absolute atomic E-state index is 0.109. The standard InChI is InChI=1S/C9H7BrN2O/c1-5(13)7-3-8(10)6(4-11)2-9(7)12/h2-3H,12H2,1H3. The monoisotopic (exact) mass is 238 g/mol. The van der Waals surface area contributed by atoms with Gasteiger partial charge in [-0.15, -0.1) is 0 Å². The summed E-state index contributed by atoms with van der Waals surface area (Å²) in [7, 11) is 0. The molecule has 0 bridgehead atoms. The largest absolute Gasteiger partial charge is 0.398 e. The molecule has 0 aliphatic heterocycles. The van der Waals surface area contributed by atoms with Crippen LogP contribution in [0, 0.1) is 11.3 Å². The van der Waals surface area contributed by atoms with Gasteiger partial charge < -0.3 is 5.73 Å². The van der Waals surface area contributed by atoms with Gasteiger partial charge in [-0.3, -0.25) is 4.79 Å². The Morgan fingerprint density at radius 3 is 2.69 bits per heavy atom. The number of rotatable bonds is 1. The summed E-state index contributed by atoms with van der Waals surface area (Å²) in [5, 5.41) is 8.65. The highest BCUT2D eigenvalue weighted by atomic mass is 79.9. The Morgan fingerprint density at radius 1 is 1.62 bits per heavy atom. The van der Waals surface area contributed by atoms with Crippen LogP contribution < -0.4 is 5.73 Å². The van der Waals surface area contributed by atoms with E-state index in [0.717, 1.165) is 0 Å². The van der Waals surface area contributed by atoms with Gasteiger partial charge in [-0.1, -0.05) is 0 Å². The maximum atomic E-state index is 11.0. The highest BCUT2D eigenvalue weighted by molar-refractivity contribution is 9.10. The maximum Gasteiger partial charge on any atom is 0.161 e. The molecule has 0 aliphatic carbocycles. The molecule has 0 heterocycles. The Labute approximate surface area is 84.3 Å². The third-order valence-electron chi connectivity index (χ3n) is 1.64. The van der Waals surface area contributed by atoms with Crippen LogP contribution in [0.5, 0.6) is 0 Å². The molecule has 0 fully saturated rings. The van der Waals surface area contributed by atoms with Crippen LogP contribution in [0.3, 0.4) is 0 Å². The number of Topliss-reactive ketones (excluding diaryl/α,β-unsaturated/α-hetero) is 1. The summed E-state index contributed by atoms with van der Waals surface area (Å²) in [5.74, 6) is -0.109. The Bertz CT molecular complexity index is 407. The van der Waals surface area contributed by atoms with E-state index in [1.54, 1.807) is 6.07 Å². The fourth-order valence-electron chi connectivity index (χ4n) is 0.981. The van der Waals surface area contributed by atoms with Gasteiger partial charge >= 0.3 is 0 Å². The molecule has 2 N–H and O–H groups in total. The summed E-state index contributed by atoms with van der Waals surface area (Å²) in [6, 6.07) is 5.02. The van der Waals surface area contributed by atoms with Gasteiger partial charge in [0.2, 0.25) is 0 Å². The molecule has 0 aromatic heterocycles. The minimum atomic E-state index is -0.109. The summed E-state index contributed by atoms with van der Waals surface area (Å²) in [6.45, 7) is 1.43. The van der Waals surface area contributed by atoms with Crippen molar-refractivity contribution >= 4 is 27.4 Å². The third kappa shape index (κ3) is 1.87. The van der Waals surface area contributed by atoms with E-state index in [1.165, 1.54) is 13.0 Å². The molecule has 0 saturated heterocycles. The zero-order valence-corrected chi connectivity index (χ0v) is 8.55. The van der Waals surface area contributed by atoms with E-state index in [1.807, 2.05) is 6.07 Å². The van der Waals surface area contributed by atoms with E-state index >= 15 is 0 Å². The number of nitrogen functional groups attached to an aromatic ring is 1. The molecule has 13 heavy (non-hydrogen) atoms. The second kappa shape index (κ2) is 3.58. The Hall–Kier alpha value is -1.34. The molecule has 0 radical (unpaired) electrons. The van der Waals surface area contributed by atoms with Gasteiger partial charge in [-0.2, -0.15) is 5.26 Å². The first-order valence-corrected chi connectivity index (χ1v) is 4.35. The van der Waals surface area contributed by atoms with E-state index < -0.39 is 0 Å². The number of halogens is 1. The number of benzene rings is 1. The zero-order chi connectivity index (χ0) is 10.0. The van der Waals surface area contributed by atoms with Crippen molar-refractivity contribution in [1.29, 1.82) is 5.26 Å². The first-order chi connectivity index (χ1) is 6.06. The summed E-state index contributed by atoms with van der Waals surface area (Å²) in [4.78, 5) is 11.0. The van der Waals surface area contributed by atoms with E-state index in [9.17, 15) is 4.79 Å². The lowest BCUT2D eigenvalue weighted by atomic mass is 10.1. The highest BCUT2D eigenvalue weighted by Gasteiger charge is 2.08. The fourth-order valence-corrected chi connectivity index (χ4v) is 1.41. The summed E-state index contributed by atoms with van der Waals surface area (Å²) in [5.41, 5.74) is 6.78. The molecule has 1 aromatic rings. The number of ketones is 1. The SMILES string of the molecule is CC(=O)c1cc(Br)c(C#N)cc1N. The van der Waals surface area contributed by atoms with Crippen molar-refractivity contribution in [3.05, 3.63) is 27.7 Å².